The molecule has 1 atom stereocenters. The number of nitrogens with one attached hydrogen (secondary N) is 1. The Balaban J connectivity index is 2.00. The minimum Gasteiger partial charge on any atom is -0.493 e. The van der Waals surface area contributed by atoms with Crippen LogP contribution in [0.2, 0.25) is 0 Å². The van der Waals surface area contributed by atoms with Crippen LogP contribution in [0.15, 0.2) is 35.7 Å². The molecule has 3 aromatic rings. The molecule has 1 aliphatic heterocycles. The van der Waals surface area contributed by atoms with E-state index in [0.29, 0.717) is 56.9 Å². The first kappa shape index (κ1) is 24.4. The summed E-state index contributed by atoms with van der Waals surface area (Å²) in [7, 11) is 9.14. The van der Waals surface area contributed by atoms with Crippen LogP contribution in [0.25, 0.3) is 11.3 Å². The Morgan fingerprint density at radius 3 is 1.78 bits per heavy atom. The molecule has 0 radical (unpaired) electrons. The lowest BCUT2D eigenvalue weighted by Crippen LogP contribution is -2.21. The molecule has 4 rings (SSSR count). The van der Waals surface area contributed by atoms with Crippen molar-refractivity contribution in [1.29, 1.82) is 5.26 Å². The van der Waals surface area contributed by atoms with Crippen molar-refractivity contribution in [1.82, 2.24) is 10.2 Å². The average molecular weight is 495 g/mol. The van der Waals surface area contributed by atoms with Gasteiger partial charge in [-0.1, -0.05) is 0 Å². The zero-order valence-corrected chi connectivity index (χ0v) is 20.7. The number of aromatic nitrogens is 2. The number of rotatable bonds is 8. The van der Waals surface area contributed by atoms with E-state index in [-0.39, 0.29) is 17.3 Å². The Hall–Kier alpha value is -4.72. The van der Waals surface area contributed by atoms with Gasteiger partial charge in [0, 0.05) is 5.56 Å². The van der Waals surface area contributed by atoms with Crippen LogP contribution in [-0.4, -0.2) is 52.9 Å². The van der Waals surface area contributed by atoms with Crippen LogP contribution in [-0.2, 0) is 0 Å². The quantitative estimate of drug-likeness (QED) is 0.478. The average Bonchev–Trinajstić information content (AvgIpc) is 3.33. The van der Waals surface area contributed by atoms with Gasteiger partial charge in [0.15, 0.2) is 23.0 Å². The number of ether oxygens (including phenoxy) is 7. The first-order chi connectivity index (χ1) is 17.5. The fraction of sp³-hybridized carbons (Fsp3) is 0.280. The van der Waals surface area contributed by atoms with Gasteiger partial charge in [-0.25, -0.2) is 0 Å². The first-order valence-corrected chi connectivity index (χ1v) is 10.7. The number of fused-ring (bicyclic) bond motifs is 1. The Morgan fingerprint density at radius 1 is 0.833 bits per heavy atom. The van der Waals surface area contributed by atoms with Crippen molar-refractivity contribution in [3.8, 4) is 57.7 Å². The number of methoxy groups -OCH3 is 6. The second-order valence-corrected chi connectivity index (χ2v) is 7.61. The van der Waals surface area contributed by atoms with Gasteiger partial charge in [-0.3, -0.25) is 5.10 Å². The third kappa shape index (κ3) is 3.82. The Kier molecular flexibility index (Phi) is 6.69. The Labute approximate surface area is 207 Å². The van der Waals surface area contributed by atoms with Crippen molar-refractivity contribution in [3.63, 3.8) is 0 Å². The van der Waals surface area contributed by atoms with Crippen molar-refractivity contribution in [2.24, 2.45) is 5.73 Å². The van der Waals surface area contributed by atoms with Crippen molar-refractivity contribution >= 4 is 0 Å². The van der Waals surface area contributed by atoms with Crippen LogP contribution in [0.1, 0.15) is 17.0 Å². The highest BCUT2D eigenvalue weighted by atomic mass is 16.5. The molecule has 11 nitrogen and oxygen atoms in total. The zero-order valence-electron chi connectivity index (χ0n) is 20.7. The lowest BCUT2D eigenvalue weighted by molar-refractivity contribution is 0.323. The van der Waals surface area contributed by atoms with Crippen LogP contribution >= 0.6 is 0 Å². The van der Waals surface area contributed by atoms with E-state index in [2.05, 4.69) is 16.3 Å². The van der Waals surface area contributed by atoms with Gasteiger partial charge in [-0.15, -0.1) is 5.10 Å². The summed E-state index contributed by atoms with van der Waals surface area (Å²) in [5.74, 6) is 2.13. The molecular weight excluding hydrogens is 468 g/mol. The van der Waals surface area contributed by atoms with Crippen LogP contribution in [0.4, 0.5) is 0 Å². The summed E-state index contributed by atoms with van der Waals surface area (Å²) in [5.41, 5.74) is 8.82. The van der Waals surface area contributed by atoms with Gasteiger partial charge in [0.2, 0.25) is 23.3 Å². The van der Waals surface area contributed by atoms with Crippen molar-refractivity contribution < 1.29 is 33.2 Å². The van der Waals surface area contributed by atoms with E-state index in [9.17, 15) is 5.26 Å². The monoisotopic (exact) mass is 494 g/mol. The highest BCUT2D eigenvalue weighted by Gasteiger charge is 2.37. The molecule has 1 aromatic heterocycles. The molecule has 0 saturated heterocycles. The normalized spacial score (nSPS) is 14.3. The lowest BCUT2D eigenvalue weighted by Gasteiger charge is -2.25. The maximum atomic E-state index is 10.1. The summed E-state index contributed by atoms with van der Waals surface area (Å²) < 4.78 is 38.7. The summed E-state index contributed by atoms with van der Waals surface area (Å²) in [6.07, 6.45) is 0. The summed E-state index contributed by atoms with van der Waals surface area (Å²) in [5, 5.41) is 17.4. The molecule has 1 unspecified atom stereocenters. The highest BCUT2D eigenvalue weighted by Crippen LogP contribution is 2.50. The number of hydrogen-bond acceptors (Lipinski definition) is 10. The van der Waals surface area contributed by atoms with E-state index in [1.165, 1.54) is 42.7 Å². The number of benzene rings is 2. The van der Waals surface area contributed by atoms with E-state index >= 15 is 0 Å². The van der Waals surface area contributed by atoms with E-state index in [0.717, 1.165) is 0 Å². The first-order valence-electron chi connectivity index (χ1n) is 10.7. The van der Waals surface area contributed by atoms with Crippen molar-refractivity contribution in [2.75, 3.05) is 42.7 Å². The smallest absolute Gasteiger partial charge is 0.244 e. The molecule has 0 saturated carbocycles. The SMILES string of the molecule is COc1cc(-c2[nH]nc3c2C(c2cc(OC)c(OC)c(OC)c2)C(C#N)=C(N)O3)cc(OC)c1OC. The number of aromatic amines is 1. The highest BCUT2D eigenvalue weighted by molar-refractivity contribution is 5.75. The van der Waals surface area contributed by atoms with E-state index in [1.807, 2.05) is 0 Å². The number of nitriles is 1. The Morgan fingerprint density at radius 2 is 1.33 bits per heavy atom. The predicted molar refractivity (Wildman–Crippen MR) is 129 cm³/mol. The van der Waals surface area contributed by atoms with Crippen LogP contribution < -0.4 is 38.9 Å². The van der Waals surface area contributed by atoms with Crippen LogP contribution in [0.5, 0.6) is 40.4 Å². The maximum absolute atomic E-state index is 10.1. The molecule has 36 heavy (non-hydrogen) atoms. The summed E-state index contributed by atoms with van der Waals surface area (Å²) in [6.45, 7) is 0. The van der Waals surface area contributed by atoms with E-state index in [1.54, 1.807) is 24.3 Å². The fourth-order valence-corrected chi connectivity index (χ4v) is 4.29. The molecule has 1 aliphatic rings. The van der Waals surface area contributed by atoms with Crippen LogP contribution in [0, 0.1) is 11.3 Å². The molecule has 0 aliphatic carbocycles. The molecule has 0 bridgehead atoms. The second kappa shape index (κ2) is 9.87. The van der Waals surface area contributed by atoms with Crippen molar-refractivity contribution in [3.05, 3.63) is 46.8 Å². The minimum absolute atomic E-state index is 0.0494. The minimum atomic E-state index is -0.666. The fourth-order valence-electron chi connectivity index (χ4n) is 4.29. The van der Waals surface area contributed by atoms with Gasteiger partial charge >= 0.3 is 0 Å². The topological polar surface area (TPSA) is 143 Å². The summed E-state index contributed by atoms with van der Waals surface area (Å²) in [6, 6.07) is 9.25. The number of allylic oxidation sites excluding steroid dienone is 1. The van der Waals surface area contributed by atoms with Crippen molar-refractivity contribution in [2.45, 2.75) is 5.92 Å². The number of nitrogens with zero attached hydrogens (tertiary/aromatic N) is 2. The van der Waals surface area contributed by atoms with Crippen LogP contribution in [0.3, 0.4) is 0 Å². The third-order valence-electron chi connectivity index (χ3n) is 5.91. The number of hydrogen-bond donors (Lipinski definition) is 2. The van der Waals surface area contributed by atoms with Gasteiger partial charge in [-0.05, 0) is 29.8 Å². The lowest BCUT2D eigenvalue weighted by atomic mass is 9.82. The molecule has 11 heteroatoms. The maximum Gasteiger partial charge on any atom is 0.244 e. The molecule has 188 valence electrons. The molecule has 2 heterocycles. The molecule has 0 spiro atoms. The summed E-state index contributed by atoms with van der Waals surface area (Å²) in [4.78, 5) is 0. The molecule has 2 aromatic carbocycles. The van der Waals surface area contributed by atoms with Gasteiger partial charge in [0.05, 0.1) is 59.8 Å². The molecular formula is C25H26N4O7. The van der Waals surface area contributed by atoms with Gasteiger partial charge in [0.25, 0.3) is 0 Å². The van der Waals surface area contributed by atoms with Gasteiger partial charge in [0.1, 0.15) is 11.6 Å². The number of H-pyrrole nitrogens is 1. The number of nitrogens with two attached hydrogens (primary N) is 1. The van der Waals surface area contributed by atoms with Gasteiger partial charge in [-0.2, -0.15) is 5.26 Å². The Bertz CT molecular complexity index is 1320. The second-order valence-electron chi connectivity index (χ2n) is 7.61. The largest absolute Gasteiger partial charge is 0.493 e. The molecule has 0 amide bonds. The molecule has 0 fully saturated rings. The zero-order chi connectivity index (χ0) is 26.0. The van der Waals surface area contributed by atoms with E-state index < -0.39 is 5.92 Å². The summed E-state index contributed by atoms with van der Waals surface area (Å²) >= 11 is 0. The standard InChI is InChI=1S/C25H26N4O7/c1-30-15-7-12(8-16(31-2)22(15)34-5)19-14(11-26)24(27)36-25-20(19)21(28-29-25)13-9-17(32-3)23(35-6)18(10-13)33-4/h7-10,19H,27H2,1-6H3,(H,28,29). The third-order valence-corrected chi connectivity index (χ3v) is 5.91. The van der Waals surface area contributed by atoms with E-state index in [4.69, 9.17) is 38.9 Å². The predicted octanol–water partition coefficient (Wildman–Crippen LogP) is 3.35. The van der Waals surface area contributed by atoms with Gasteiger partial charge < -0.3 is 38.9 Å². The molecule has 3 N–H and O–H groups in total.